The van der Waals surface area contributed by atoms with E-state index >= 15 is 0 Å². The van der Waals surface area contributed by atoms with E-state index in [1.165, 1.54) is 89.9 Å². The number of phosphoric ester groups is 1. The van der Waals surface area contributed by atoms with Crippen molar-refractivity contribution in [3.63, 3.8) is 0 Å². The van der Waals surface area contributed by atoms with Crippen LogP contribution in [0.3, 0.4) is 0 Å². The Morgan fingerprint density at radius 3 is 1.84 bits per heavy atom. The van der Waals surface area contributed by atoms with Gasteiger partial charge in [-0.05, 0) is 32.1 Å². The molecule has 6 heteroatoms. The van der Waals surface area contributed by atoms with Crippen LogP contribution in [-0.4, -0.2) is 47.1 Å². The molecule has 0 amide bonds. The first-order valence-electron chi connectivity index (χ1n) is 13.0. The minimum atomic E-state index is -4.43. The zero-order valence-electron chi connectivity index (χ0n) is 20.6. The van der Waals surface area contributed by atoms with Crippen molar-refractivity contribution >= 4 is 7.82 Å². The second kappa shape index (κ2) is 16.4. The Bertz CT molecular complexity index is 514. The predicted molar refractivity (Wildman–Crippen MR) is 131 cm³/mol. The molecule has 0 spiro atoms. The first-order chi connectivity index (χ1) is 14.7. The number of phosphoric acid groups is 1. The lowest BCUT2D eigenvalue weighted by Crippen LogP contribution is -2.47. The predicted octanol–water partition coefficient (Wildman–Crippen LogP) is 7.13. The van der Waals surface area contributed by atoms with Gasteiger partial charge in [0.1, 0.15) is 12.6 Å². The van der Waals surface area contributed by atoms with Crippen LogP contribution >= 0.6 is 7.82 Å². The Morgan fingerprint density at radius 2 is 1.35 bits per heavy atom. The van der Waals surface area contributed by atoms with E-state index in [0.717, 1.165) is 23.7 Å². The quantitative estimate of drug-likeness (QED) is 0.0827. The molecule has 5 nitrogen and oxygen atoms in total. The van der Waals surface area contributed by atoms with E-state index in [0.29, 0.717) is 12.6 Å². The number of likely N-dealkylation sites (N-methyl/N-ethyl adjacent to an activating group) is 1. The van der Waals surface area contributed by atoms with Crippen LogP contribution in [0.2, 0.25) is 0 Å². The molecule has 184 valence electrons. The van der Waals surface area contributed by atoms with Gasteiger partial charge in [0, 0.05) is 12.8 Å². The number of hydrogen-bond donors (Lipinski definition) is 2. The third-order valence-corrected chi connectivity index (χ3v) is 7.11. The number of nitrogens with zero attached hydrogens (tertiary/aromatic N) is 1. The lowest BCUT2D eigenvalue weighted by atomic mass is 10.1. The van der Waals surface area contributed by atoms with Crippen molar-refractivity contribution in [1.82, 2.24) is 0 Å². The van der Waals surface area contributed by atoms with E-state index in [2.05, 4.69) is 33.2 Å². The van der Waals surface area contributed by atoms with Crippen LogP contribution in [0.25, 0.3) is 0 Å². The fourth-order valence-electron chi connectivity index (χ4n) is 4.44. The van der Waals surface area contributed by atoms with Crippen LogP contribution in [0.1, 0.15) is 116 Å². The van der Waals surface area contributed by atoms with Gasteiger partial charge in [-0.15, -0.1) is 0 Å². The topological polar surface area (TPSA) is 66.8 Å². The molecule has 2 N–H and O–H groups in total. The van der Waals surface area contributed by atoms with E-state index in [-0.39, 0.29) is 6.10 Å². The van der Waals surface area contributed by atoms with E-state index in [1.54, 1.807) is 0 Å². The molecule has 1 aliphatic carbocycles. The summed E-state index contributed by atoms with van der Waals surface area (Å²) in [4.78, 5) is 18.5. The third kappa shape index (κ3) is 17.0. The van der Waals surface area contributed by atoms with Gasteiger partial charge in [-0.1, -0.05) is 83.3 Å². The number of hydrogen-bond acceptors (Lipinski definition) is 2. The summed E-state index contributed by atoms with van der Waals surface area (Å²) in [7, 11) is -0.128. The lowest BCUT2D eigenvalue weighted by Gasteiger charge is -2.33. The van der Waals surface area contributed by atoms with E-state index in [9.17, 15) is 14.4 Å². The number of rotatable bonds is 21. The molecule has 0 aromatic carbocycles. The molecule has 1 saturated carbocycles. The Hall–Kier alpha value is -0.190. The molecule has 0 aliphatic heterocycles. The molecule has 1 rings (SSSR count). The highest BCUT2D eigenvalue weighted by molar-refractivity contribution is 7.46. The Kier molecular flexibility index (Phi) is 15.3. The summed E-state index contributed by atoms with van der Waals surface area (Å²) in [5, 5.41) is 0. The van der Waals surface area contributed by atoms with E-state index < -0.39 is 7.82 Å². The number of quaternary nitrogens is 1. The molecular weight excluding hydrogens is 409 g/mol. The highest BCUT2D eigenvalue weighted by Gasteiger charge is 2.40. The average Bonchev–Trinajstić information content (AvgIpc) is 3.52. The Morgan fingerprint density at radius 1 is 0.871 bits per heavy atom. The van der Waals surface area contributed by atoms with Crippen molar-refractivity contribution in [1.29, 1.82) is 0 Å². The van der Waals surface area contributed by atoms with Gasteiger partial charge in [0.25, 0.3) is 0 Å². The summed E-state index contributed by atoms with van der Waals surface area (Å²) >= 11 is 0. The number of unbranched alkanes of at least 4 members (excludes halogenated alkanes) is 12. The van der Waals surface area contributed by atoms with Gasteiger partial charge in [-0.25, -0.2) is 4.57 Å². The average molecular weight is 461 g/mol. The van der Waals surface area contributed by atoms with Crippen molar-refractivity contribution < 1.29 is 23.4 Å². The van der Waals surface area contributed by atoms with Crippen LogP contribution in [0.4, 0.5) is 0 Å². The van der Waals surface area contributed by atoms with Crippen LogP contribution in [-0.2, 0) is 9.09 Å². The van der Waals surface area contributed by atoms with Gasteiger partial charge < -0.3 is 14.3 Å². The number of allylic oxidation sites excluding steroid dienone is 2. The fraction of sp³-hybridized carbons (Fsp3) is 0.920. The first kappa shape index (κ1) is 28.8. The third-order valence-electron chi connectivity index (χ3n) is 6.53. The van der Waals surface area contributed by atoms with Crippen molar-refractivity contribution in [2.75, 3.05) is 20.6 Å². The van der Waals surface area contributed by atoms with Crippen molar-refractivity contribution in [3.05, 3.63) is 12.2 Å². The molecule has 1 unspecified atom stereocenters. The molecule has 0 bridgehead atoms. The maximum absolute atomic E-state index is 11.3. The summed E-state index contributed by atoms with van der Waals surface area (Å²) < 4.78 is 17.3. The van der Waals surface area contributed by atoms with Gasteiger partial charge in [0.05, 0.1) is 20.1 Å². The van der Waals surface area contributed by atoms with Crippen LogP contribution < -0.4 is 0 Å². The Balaban J connectivity index is 2.01. The minimum absolute atomic E-state index is 0.354. The van der Waals surface area contributed by atoms with Gasteiger partial charge in [-0.2, -0.15) is 0 Å². The monoisotopic (exact) mass is 460 g/mol. The SMILES string of the molecule is CCCCCCCCC=CCCCCCCCCC(C[N+](C)(C)C1CC1)OP(=O)(O)O. The maximum atomic E-state index is 11.3. The van der Waals surface area contributed by atoms with E-state index in [4.69, 9.17) is 4.52 Å². The molecule has 0 aromatic rings. The molecule has 0 heterocycles. The maximum Gasteiger partial charge on any atom is 0.470 e. The molecule has 0 saturated heterocycles. The Labute approximate surface area is 192 Å². The zero-order valence-corrected chi connectivity index (χ0v) is 21.5. The van der Waals surface area contributed by atoms with Gasteiger partial charge in [-0.3, -0.25) is 4.52 Å². The lowest BCUT2D eigenvalue weighted by molar-refractivity contribution is -0.903. The molecular formula is C25H51NO4P+. The second-order valence-electron chi connectivity index (χ2n) is 10.1. The fourth-order valence-corrected chi connectivity index (χ4v) is 5.00. The first-order valence-corrected chi connectivity index (χ1v) is 14.5. The normalized spacial score (nSPS) is 16.3. The summed E-state index contributed by atoms with van der Waals surface area (Å²) in [5.74, 6) is 0. The largest absolute Gasteiger partial charge is 0.470 e. The molecule has 0 radical (unpaired) electrons. The van der Waals surface area contributed by atoms with Crippen molar-refractivity contribution in [2.24, 2.45) is 0 Å². The highest BCUT2D eigenvalue weighted by Crippen LogP contribution is 2.40. The molecule has 1 aliphatic rings. The van der Waals surface area contributed by atoms with Crippen LogP contribution in [0.15, 0.2) is 12.2 Å². The molecule has 31 heavy (non-hydrogen) atoms. The van der Waals surface area contributed by atoms with Gasteiger partial charge in [0.15, 0.2) is 0 Å². The van der Waals surface area contributed by atoms with Crippen molar-refractivity contribution in [3.8, 4) is 0 Å². The van der Waals surface area contributed by atoms with Crippen LogP contribution in [0.5, 0.6) is 0 Å². The van der Waals surface area contributed by atoms with E-state index in [1.807, 2.05) is 0 Å². The molecule has 1 fully saturated rings. The highest BCUT2D eigenvalue weighted by atomic mass is 31.2. The molecule has 1 atom stereocenters. The summed E-state index contributed by atoms with van der Waals surface area (Å²) in [6.45, 7) is 2.95. The molecule has 0 aromatic heterocycles. The zero-order chi connectivity index (χ0) is 23.0. The summed E-state index contributed by atoms with van der Waals surface area (Å²) in [6, 6.07) is 0.628. The summed E-state index contributed by atoms with van der Waals surface area (Å²) in [5.41, 5.74) is 0. The standard InChI is InChI=1S/C25H50NO4P/c1-4-5-6-7-8-9-10-11-12-13-14-15-16-17-18-19-20-25(30-31(27,28)29)23-26(2,3)24-21-22-24/h11-12,24-25H,4-10,13-23H2,1-3H3,(H-,27,28,29)/p+1. The van der Waals surface area contributed by atoms with Crippen molar-refractivity contribution in [2.45, 2.75) is 128 Å². The smallest absolute Gasteiger partial charge is 0.324 e. The second-order valence-corrected chi connectivity index (χ2v) is 11.3. The van der Waals surface area contributed by atoms with Gasteiger partial charge in [0.2, 0.25) is 0 Å². The summed E-state index contributed by atoms with van der Waals surface area (Å²) in [6.07, 6.45) is 25.3. The minimum Gasteiger partial charge on any atom is -0.324 e. The van der Waals surface area contributed by atoms with Gasteiger partial charge >= 0.3 is 7.82 Å². The van der Waals surface area contributed by atoms with Crippen LogP contribution in [0, 0.1) is 0 Å².